The molecule has 3 rings (SSSR count). The molecule has 28 heavy (non-hydrogen) atoms. The summed E-state index contributed by atoms with van der Waals surface area (Å²) in [6.45, 7) is 4.70. The molecule has 0 unspecified atom stereocenters. The molecule has 0 amide bonds. The van der Waals surface area contributed by atoms with E-state index in [2.05, 4.69) is 16.5 Å². The Morgan fingerprint density at radius 2 is 1.96 bits per heavy atom. The lowest BCUT2D eigenvalue weighted by molar-refractivity contribution is 0.351. The normalized spacial score (nSPS) is 10.9. The van der Waals surface area contributed by atoms with Gasteiger partial charge in [-0.05, 0) is 6.07 Å². The summed E-state index contributed by atoms with van der Waals surface area (Å²) in [7, 11) is 6.18. The summed E-state index contributed by atoms with van der Waals surface area (Å²) in [5, 5.41) is 0. The molecule has 0 aliphatic heterocycles. The second kappa shape index (κ2) is 7.63. The van der Waals surface area contributed by atoms with E-state index in [1.807, 2.05) is 23.1 Å². The van der Waals surface area contributed by atoms with Crippen LogP contribution < -0.4 is 25.6 Å². The van der Waals surface area contributed by atoms with Gasteiger partial charge in [0.1, 0.15) is 0 Å². The SMILES string of the molecule is C=CCN(Cc1cccc(OC)c1OC)c1nc2c([nH]1)c(=O)n(C)c(=O)n2C. The van der Waals surface area contributed by atoms with Crippen molar-refractivity contribution < 1.29 is 9.47 Å². The van der Waals surface area contributed by atoms with E-state index in [1.165, 1.54) is 11.6 Å². The summed E-state index contributed by atoms with van der Waals surface area (Å²) in [5.41, 5.74) is 0.599. The average Bonchev–Trinajstić information content (AvgIpc) is 3.15. The minimum absolute atomic E-state index is 0.270. The number of para-hydroxylation sites is 1. The molecule has 0 spiro atoms. The van der Waals surface area contributed by atoms with E-state index in [1.54, 1.807) is 27.3 Å². The Hall–Kier alpha value is -3.49. The minimum Gasteiger partial charge on any atom is -0.493 e. The minimum atomic E-state index is -0.430. The van der Waals surface area contributed by atoms with Gasteiger partial charge in [0.05, 0.1) is 14.2 Å². The van der Waals surface area contributed by atoms with Crippen molar-refractivity contribution in [3.63, 3.8) is 0 Å². The number of anilines is 1. The van der Waals surface area contributed by atoms with Crippen molar-refractivity contribution in [3.8, 4) is 11.5 Å². The molecule has 9 nitrogen and oxygen atoms in total. The third-order valence-electron chi connectivity index (χ3n) is 4.58. The lowest BCUT2D eigenvalue weighted by Gasteiger charge is -2.22. The van der Waals surface area contributed by atoms with E-state index >= 15 is 0 Å². The second-order valence-corrected chi connectivity index (χ2v) is 6.29. The van der Waals surface area contributed by atoms with E-state index in [-0.39, 0.29) is 5.52 Å². The summed E-state index contributed by atoms with van der Waals surface area (Å²) in [6.07, 6.45) is 1.73. The Balaban J connectivity index is 2.11. The molecule has 0 aliphatic carbocycles. The summed E-state index contributed by atoms with van der Waals surface area (Å²) in [4.78, 5) is 34.0. The molecule has 1 aromatic carbocycles. The number of benzene rings is 1. The topological polar surface area (TPSA) is 94.4 Å². The molecule has 3 aromatic rings. The van der Waals surface area contributed by atoms with Gasteiger partial charge in [-0.25, -0.2) is 4.79 Å². The lowest BCUT2D eigenvalue weighted by Crippen LogP contribution is -2.36. The van der Waals surface area contributed by atoms with Crippen molar-refractivity contribution in [2.24, 2.45) is 14.1 Å². The van der Waals surface area contributed by atoms with Crippen LogP contribution in [0, 0.1) is 0 Å². The number of nitrogens with zero attached hydrogens (tertiary/aromatic N) is 4. The largest absolute Gasteiger partial charge is 0.493 e. The first-order valence-electron chi connectivity index (χ1n) is 8.64. The summed E-state index contributed by atoms with van der Waals surface area (Å²) in [6, 6.07) is 5.62. The molecule has 0 saturated carbocycles. The van der Waals surface area contributed by atoms with E-state index in [0.717, 1.165) is 10.1 Å². The molecule has 9 heteroatoms. The molecule has 2 heterocycles. The van der Waals surface area contributed by atoms with Crippen molar-refractivity contribution in [1.29, 1.82) is 0 Å². The summed E-state index contributed by atoms with van der Waals surface area (Å²) >= 11 is 0. The molecule has 0 aliphatic rings. The molecule has 0 saturated heterocycles. The highest BCUT2D eigenvalue weighted by molar-refractivity contribution is 5.73. The third kappa shape index (κ3) is 3.15. The number of nitrogens with one attached hydrogen (secondary N) is 1. The molecule has 0 bridgehead atoms. The zero-order valence-corrected chi connectivity index (χ0v) is 16.4. The van der Waals surface area contributed by atoms with Crippen LogP contribution in [-0.4, -0.2) is 39.9 Å². The predicted octanol–water partition coefficient (Wildman–Crippen LogP) is 1.17. The van der Waals surface area contributed by atoms with Gasteiger partial charge in [-0.3, -0.25) is 13.9 Å². The fourth-order valence-corrected chi connectivity index (χ4v) is 3.13. The van der Waals surface area contributed by atoms with Crippen molar-refractivity contribution in [2.45, 2.75) is 6.54 Å². The highest BCUT2D eigenvalue weighted by Crippen LogP contribution is 2.32. The number of fused-ring (bicyclic) bond motifs is 1. The first kappa shape index (κ1) is 19.3. The highest BCUT2D eigenvalue weighted by atomic mass is 16.5. The summed E-state index contributed by atoms with van der Waals surface area (Å²) in [5.74, 6) is 1.70. The average molecular weight is 385 g/mol. The van der Waals surface area contributed by atoms with Crippen molar-refractivity contribution in [1.82, 2.24) is 19.1 Å². The fraction of sp³-hybridized carbons (Fsp3) is 0.316. The Morgan fingerprint density at radius 3 is 2.61 bits per heavy atom. The molecule has 0 fully saturated rings. The second-order valence-electron chi connectivity index (χ2n) is 6.29. The highest BCUT2D eigenvalue weighted by Gasteiger charge is 2.19. The van der Waals surface area contributed by atoms with E-state index in [4.69, 9.17) is 9.47 Å². The molecule has 148 valence electrons. The van der Waals surface area contributed by atoms with Gasteiger partial charge < -0.3 is 19.4 Å². The zero-order chi connectivity index (χ0) is 20.4. The molecular weight excluding hydrogens is 362 g/mol. The van der Waals surface area contributed by atoms with Crippen LogP contribution in [-0.2, 0) is 20.6 Å². The third-order valence-corrected chi connectivity index (χ3v) is 4.58. The van der Waals surface area contributed by atoms with Crippen LogP contribution in [0.2, 0.25) is 0 Å². The van der Waals surface area contributed by atoms with Crippen LogP contribution in [0.3, 0.4) is 0 Å². The molecule has 2 aromatic heterocycles. The smallest absolute Gasteiger partial charge is 0.332 e. The number of aryl methyl sites for hydroxylation is 1. The van der Waals surface area contributed by atoms with Crippen molar-refractivity contribution in [3.05, 3.63) is 57.3 Å². The molecule has 0 atom stereocenters. The maximum atomic E-state index is 12.4. The van der Waals surface area contributed by atoms with Crippen LogP contribution in [0.5, 0.6) is 11.5 Å². The quantitative estimate of drug-likeness (QED) is 0.614. The number of ether oxygens (including phenoxy) is 2. The first-order chi connectivity index (χ1) is 13.4. The molecule has 1 N–H and O–H groups in total. The molecule has 0 radical (unpaired) electrons. The van der Waals surface area contributed by atoms with Gasteiger partial charge in [0.25, 0.3) is 5.56 Å². The van der Waals surface area contributed by atoms with Crippen LogP contribution in [0.25, 0.3) is 11.2 Å². The van der Waals surface area contributed by atoms with Crippen LogP contribution >= 0.6 is 0 Å². The number of imidazole rings is 1. The lowest BCUT2D eigenvalue weighted by atomic mass is 10.1. The Labute approximate surface area is 161 Å². The van der Waals surface area contributed by atoms with Gasteiger partial charge in [-0.15, -0.1) is 6.58 Å². The van der Waals surface area contributed by atoms with Gasteiger partial charge in [-0.2, -0.15) is 4.98 Å². The monoisotopic (exact) mass is 385 g/mol. The first-order valence-corrected chi connectivity index (χ1v) is 8.64. The standard InChI is InChI=1S/C19H23N5O4/c1-6-10-24(11-12-8-7-9-13(27-4)15(12)28-5)18-20-14-16(21-18)22(2)19(26)23(3)17(14)25/h6-9H,1,10-11H2,2-5H3,(H,20,21). The zero-order valence-electron chi connectivity index (χ0n) is 16.4. The maximum Gasteiger partial charge on any atom is 0.332 e. The number of hydrogen-bond donors (Lipinski definition) is 1. The van der Waals surface area contributed by atoms with Gasteiger partial charge in [0, 0.05) is 32.7 Å². The number of hydrogen-bond acceptors (Lipinski definition) is 6. The van der Waals surface area contributed by atoms with Crippen LogP contribution in [0.1, 0.15) is 5.56 Å². The van der Waals surface area contributed by atoms with E-state index < -0.39 is 11.2 Å². The van der Waals surface area contributed by atoms with Gasteiger partial charge in [-0.1, -0.05) is 18.2 Å². The summed E-state index contributed by atoms with van der Waals surface area (Å²) < 4.78 is 13.3. The Bertz CT molecular complexity index is 1140. The van der Waals surface area contributed by atoms with Gasteiger partial charge in [0.15, 0.2) is 22.7 Å². The van der Waals surface area contributed by atoms with E-state index in [9.17, 15) is 9.59 Å². The maximum absolute atomic E-state index is 12.4. The number of aromatic amines is 1. The van der Waals surface area contributed by atoms with Crippen LogP contribution in [0.15, 0.2) is 40.4 Å². The predicted molar refractivity (Wildman–Crippen MR) is 107 cm³/mol. The molecular formula is C19H23N5O4. The Morgan fingerprint density at radius 1 is 1.21 bits per heavy atom. The van der Waals surface area contributed by atoms with Crippen molar-refractivity contribution >= 4 is 17.1 Å². The fourth-order valence-electron chi connectivity index (χ4n) is 3.13. The number of methoxy groups -OCH3 is 2. The van der Waals surface area contributed by atoms with E-state index in [0.29, 0.717) is 36.2 Å². The van der Waals surface area contributed by atoms with Crippen LogP contribution in [0.4, 0.5) is 5.95 Å². The van der Waals surface area contributed by atoms with Crippen molar-refractivity contribution in [2.75, 3.05) is 25.7 Å². The number of aromatic nitrogens is 4. The van der Waals surface area contributed by atoms with Gasteiger partial charge >= 0.3 is 5.69 Å². The number of H-pyrrole nitrogens is 1. The Kier molecular flexibility index (Phi) is 5.25. The number of rotatable bonds is 7. The van der Waals surface area contributed by atoms with Gasteiger partial charge in [0.2, 0.25) is 5.95 Å².